The van der Waals surface area contributed by atoms with E-state index in [0.717, 1.165) is 10.9 Å². The lowest BCUT2D eigenvalue weighted by Gasteiger charge is -2.51. The third kappa shape index (κ3) is 4.46. The van der Waals surface area contributed by atoms with Crippen molar-refractivity contribution in [1.82, 2.24) is 14.7 Å². The number of carboxylic acid groups (broad SMARTS) is 1. The fourth-order valence-corrected chi connectivity index (χ4v) is 8.80. The van der Waals surface area contributed by atoms with E-state index in [2.05, 4.69) is 18.9 Å². The molecular formula is C30H32Cl2F3N3O4. The van der Waals surface area contributed by atoms with Crippen molar-refractivity contribution in [3.8, 4) is 0 Å². The summed E-state index contributed by atoms with van der Waals surface area (Å²) in [7, 11) is 0. The fraction of sp³-hybridized carbons (Fsp3) is 0.600. The van der Waals surface area contributed by atoms with Crippen molar-refractivity contribution in [2.45, 2.75) is 83.0 Å². The van der Waals surface area contributed by atoms with E-state index in [1.165, 1.54) is 17.0 Å². The number of halogens is 5. The Labute approximate surface area is 251 Å². The van der Waals surface area contributed by atoms with Crippen LogP contribution in [0.25, 0.3) is 0 Å². The summed E-state index contributed by atoms with van der Waals surface area (Å²) >= 11 is 12.5. The van der Waals surface area contributed by atoms with E-state index >= 15 is 0 Å². The molecular weight excluding hydrogens is 594 g/mol. The standard InChI is InChI=1S/C30H32Cl2F3N3O4/c1-27(2)18-12-16(13-19(18)27)37(15-22(39)23-20(31)4-3-5-21(23)32)25(40)17-14-36-38(24(17)30(33,34)35)29-9-6-28(7-10-29,8-11-29)26(41)42/h3-5,14,16,18-19H,6-13,15H2,1-2H3,(H,41,42)/t16?,18-,19+,28?,29?. The second-order valence-electron chi connectivity index (χ2n) is 13.2. The maximum atomic E-state index is 14.8. The van der Waals surface area contributed by atoms with E-state index in [0.29, 0.717) is 24.7 Å². The van der Waals surface area contributed by atoms with Crippen molar-refractivity contribution in [1.29, 1.82) is 0 Å². The van der Waals surface area contributed by atoms with Gasteiger partial charge in [0.05, 0.1) is 44.9 Å². The number of fused-ring (bicyclic) bond motifs is 4. The normalized spacial score (nSPS) is 31.1. The third-order valence-corrected chi connectivity index (χ3v) is 11.6. The number of carboxylic acids is 1. The highest BCUT2D eigenvalue weighted by Gasteiger charge is 2.63. The van der Waals surface area contributed by atoms with Crippen LogP contribution in [0.2, 0.25) is 10.0 Å². The predicted molar refractivity (Wildman–Crippen MR) is 149 cm³/mol. The molecule has 226 valence electrons. The molecule has 0 spiro atoms. The van der Waals surface area contributed by atoms with Crippen LogP contribution in [0.15, 0.2) is 24.4 Å². The van der Waals surface area contributed by atoms with Gasteiger partial charge < -0.3 is 10.0 Å². The Morgan fingerprint density at radius 3 is 2.07 bits per heavy atom. The first-order valence-electron chi connectivity index (χ1n) is 14.3. The Balaban J connectivity index is 1.36. The lowest BCUT2D eigenvalue weighted by molar-refractivity contribution is -0.163. The number of rotatable bonds is 7. The molecule has 5 saturated carbocycles. The zero-order valence-electron chi connectivity index (χ0n) is 23.3. The van der Waals surface area contributed by atoms with E-state index in [1.807, 2.05) is 0 Å². The number of Topliss-reactive ketones (excluding diaryl/α,β-unsaturated/α-hetero) is 1. The van der Waals surface area contributed by atoms with Crippen molar-refractivity contribution in [2.75, 3.05) is 6.54 Å². The molecule has 5 aliphatic rings. The molecule has 1 amide bonds. The van der Waals surface area contributed by atoms with Gasteiger partial charge in [0, 0.05) is 6.04 Å². The van der Waals surface area contributed by atoms with Crippen molar-refractivity contribution in [2.24, 2.45) is 22.7 Å². The van der Waals surface area contributed by atoms with Crippen molar-refractivity contribution < 1.29 is 32.7 Å². The van der Waals surface area contributed by atoms with E-state index in [1.54, 1.807) is 6.07 Å². The molecule has 5 aliphatic carbocycles. The summed E-state index contributed by atoms with van der Waals surface area (Å²) in [6, 6.07) is 4.16. The zero-order valence-corrected chi connectivity index (χ0v) is 24.8. The second-order valence-corrected chi connectivity index (χ2v) is 14.1. The maximum Gasteiger partial charge on any atom is 0.433 e. The van der Waals surface area contributed by atoms with Crippen LogP contribution in [0.4, 0.5) is 13.2 Å². The van der Waals surface area contributed by atoms with Gasteiger partial charge in [0.1, 0.15) is 0 Å². The summed E-state index contributed by atoms with van der Waals surface area (Å²) in [5, 5.41) is 14.1. The molecule has 3 atom stereocenters. The molecule has 5 fully saturated rings. The highest BCUT2D eigenvalue weighted by Crippen LogP contribution is 2.67. The number of alkyl halides is 3. The lowest BCUT2D eigenvalue weighted by atomic mass is 9.57. The van der Waals surface area contributed by atoms with Crippen LogP contribution < -0.4 is 0 Å². The van der Waals surface area contributed by atoms with Gasteiger partial charge in [-0.1, -0.05) is 43.1 Å². The number of carbonyl (C=O) groups is 3. The largest absolute Gasteiger partial charge is 0.481 e. The predicted octanol–water partition coefficient (Wildman–Crippen LogP) is 7.10. The first kappa shape index (κ1) is 29.5. The molecule has 7 rings (SSSR count). The molecule has 42 heavy (non-hydrogen) atoms. The monoisotopic (exact) mass is 625 g/mol. The van der Waals surface area contributed by atoms with Gasteiger partial charge in [-0.3, -0.25) is 19.1 Å². The highest BCUT2D eigenvalue weighted by molar-refractivity contribution is 6.40. The molecule has 2 bridgehead atoms. The van der Waals surface area contributed by atoms with Crippen LogP contribution in [0.5, 0.6) is 0 Å². The van der Waals surface area contributed by atoms with Gasteiger partial charge in [0.15, 0.2) is 11.5 Å². The number of hydrogen-bond acceptors (Lipinski definition) is 4. The van der Waals surface area contributed by atoms with Gasteiger partial charge in [-0.2, -0.15) is 18.3 Å². The van der Waals surface area contributed by atoms with Gasteiger partial charge in [-0.05, 0) is 80.8 Å². The topological polar surface area (TPSA) is 92.5 Å². The van der Waals surface area contributed by atoms with E-state index < -0.39 is 58.6 Å². The summed E-state index contributed by atoms with van der Waals surface area (Å²) in [5.74, 6) is -1.74. The Hall–Kier alpha value is -2.59. The number of ketones is 1. The van der Waals surface area contributed by atoms with Crippen LogP contribution in [-0.4, -0.2) is 50.0 Å². The molecule has 1 aromatic heterocycles. The molecule has 1 heterocycles. The molecule has 7 nitrogen and oxygen atoms in total. The molecule has 0 saturated heterocycles. The van der Waals surface area contributed by atoms with Crippen LogP contribution in [0.1, 0.15) is 91.6 Å². The summed E-state index contributed by atoms with van der Waals surface area (Å²) in [6.07, 6.45) is -1.32. The SMILES string of the molecule is CC1(C)[C@@H]2CC(N(CC(=O)c3c(Cl)cccc3Cl)C(=O)c3cnn(C45CCC(C(=O)O)(CC4)CC5)c3C(F)(F)F)C[C@@H]21. The summed E-state index contributed by atoms with van der Waals surface area (Å²) in [4.78, 5) is 40.8. The number of hydrogen-bond donors (Lipinski definition) is 1. The highest BCUT2D eigenvalue weighted by atomic mass is 35.5. The molecule has 1 aromatic carbocycles. The Morgan fingerprint density at radius 2 is 1.57 bits per heavy atom. The Bertz CT molecular complexity index is 1430. The average Bonchev–Trinajstić information content (AvgIpc) is 3.37. The maximum absolute atomic E-state index is 14.8. The van der Waals surface area contributed by atoms with Crippen molar-refractivity contribution in [3.05, 3.63) is 51.3 Å². The van der Waals surface area contributed by atoms with Gasteiger partial charge in [-0.25, -0.2) is 0 Å². The Kier molecular flexibility index (Phi) is 6.81. The van der Waals surface area contributed by atoms with Gasteiger partial charge >= 0.3 is 12.1 Å². The fourth-order valence-electron chi connectivity index (χ4n) is 8.19. The Morgan fingerprint density at radius 1 is 1.02 bits per heavy atom. The number of aromatic nitrogens is 2. The van der Waals surface area contributed by atoms with Gasteiger partial charge in [0.2, 0.25) is 0 Å². The minimum absolute atomic E-state index is 0.0269. The van der Waals surface area contributed by atoms with Crippen LogP contribution in [0, 0.1) is 22.7 Å². The number of amides is 1. The number of aliphatic carboxylic acids is 1. The zero-order chi connectivity index (χ0) is 30.4. The van der Waals surface area contributed by atoms with E-state index in [9.17, 15) is 32.7 Å². The minimum Gasteiger partial charge on any atom is -0.481 e. The van der Waals surface area contributed by atoms with Crippen molar-refractivity contribution in [3.63, 3.8) is 0 Å². The first-order valence-corrected chi connectivity index (χ1v) is 15.0. The number of carbonyl (C=O) groups excluding carboxylic acids is 2. The summed E-state index contributed by atoms with van der Waals surface area (Å²) < 4.78 is 45.3. The van der Waals surface area contributed by atoms with Crippen molar-refractivity contribution >= 4 is 40.9 Å². The third-order valence-electron chi connectivity index (χ3n) is 11.0. The lowest BCUT2D eigenvalue weighted by Crippen LogP contribution is -2.52. The second kappa shape index (κ2) is 9.71. The van der Waals surface area contributed by atoms with Crippen LogP contribution >= 0.6 is 23.2 Å². The van der Waals surface area contributed by atoms with Crippen LogP contribution in [-0.2, 0) is 16.5 Å². The smallest absolute Gasteiger partial charge is 0.433 e. The van der Waals surface area contributed by atoms with Crippen LogP contribution in [0.3, 0.4) is 0 Å². The average molecular weight is 627 g/mol. The molecule has 2 aromatic rings. The summed E-state index contributed by atoms with van der Waals surface area (Å²) in [6.45, 7) is 3.80. The molecule has 12 heteroatoms. The van der Waals surface area contributed by atoms with E-state index in [4.69, 9.17) is 23.2 Å². The number of benzene rings is 1. The first-order chi connectivity index (χ1) is 19.6. The molecule has 0 radical (unpaired) electrons. The van der Waals surface area contributed by atoms with Gasteiger partial charge in [0.25, 0.3) is 5.91 Å². The summed E-state index contributed by atoms with van der Waals surface area (Å²) in [5.41, 5.74) is -3.57. The molecule has 1 N–H and O–H groups in total. The molecule has 1 unspecified atom stereocenters. The van der Waals surface area contributed by atoms with E-state index in [-0.39, 0.29) is 59.5 Å². The quantitative estimate of drug-likeness (QED) is 0.331. The number of nitrogens with zero attached hydrogens (tertiary/aromatic N) is 3. The minimum atomic E-state index is -4.91. The molecule has 0 aliphatic heterocycles. The van der Waals surface area contributed by atoms with Gasteiger partial charge in [-0.15, -0.1) is 0 Å².